The summed E-state index contributed by atoms with van der Waals surface area (Å²) in [5, 5.41) is 5.83. The van der Waals surface area contributed by atoms with Crippen LogP contribution in [0, 0.1) is 0 Å². The van der Waals surface area contributed by atoms with Crippen molar-refractivity contribution in [3.63, 3.8) is 0 Å². The molecule has 0 radical (unpaired) electrons. The summed E-state index contributed by atoms with van der Waals surface area (Å²) in [6, 6.07) is 0. The van der Waals surface area contributed by atoms with Crippen molar-refractivity contribution in [2.24, 2.45) is 0 Å². The summed E-state index contributed by atoms with van der Waals surface area (Å²) in [5.74, 6) is 0.841. The van der Waals surface area contributed by atoms with Gasteiger partial charge in [-0.2, -0.15) is 0 Å². The lowest BCUT2D eigenvalue weighted by Gasteiger charge is -2.23. The van der Waals surface area contributed by atoms with E-state index in [4.69, 9.17) is 0 Å². The number of thiophene rings is 1. The van der Waals surface area contributed by atoms with Gasteiger partial charge in [-0.15, -0.1) is 11.3 Å². The maximum absolute atomic E-state index is 3.45. The summed E-state index contributed by atoms with van der Waals surface area (Å²) in [4.78, 5) is 1.67. The molecule has 1 nitrogen and oxygen atoms in total. The molecule has 84 valence electrons. The molecule has 15 heavy (non-hydrogen) atoms. The van der Waals surface area contributed by atoms with E-state index in [2.05, 4.69) is 24.5 Å². The predicted octanol–water partition coefficient (Wildman–Crippen LogP) is 3.69. The Balaban J connectivity index is 2.21. The molecular formula is C13H21NS. The van der Waals surface area contributed by atoms with Crippen LogP contribution >= 0.6 is 11.3 Å². The smallest absolute Gasteiger partial charge is 0.0216 e. The molecule has 1 aliphatic rings. The second-order valence-electron chi connectivity index (χ2n) is 4.38. The molecule has 0 aromatic carbocycles. The average Bonchev–Trinajstić information content (AvgIpc) is 2.69. The van der Waals surface area contributed by atoms with Gasteiger partial charge in [0.05, 0.1) is 0 Å². The predicted molar refractivity (Wildman–Crippen MR) is 67.7 cm³/mol. The summed E-state index contributed by atoms with van der Waals surface area (Å²) >= 11 is 1.98. The van der Waals surface area contributed by atoms with Crippen molar-refractivity contribution in [2.45, 2.75) is 52.0 Å². The van der Waals surface area contributed by atoms with Gasteiger partial charge >= 0.3 is 0 Å². The van der Waals surface area contributed by atoms with E-state index in [9.17, 15) is 0 Å². The monoisotopic (exact) mass is 223 g/mol. The lowest BCUT2D eigenvalue weighted by atomic mass is 9.83. The molecule has 1 aromatic rings. The van der Waals surface area contributed by atoms with Crippen LogP contribution in [-0.4, -0.2) is 6.54 Å². The van der Waals surface area contributed by atoms with Crippen LogP contribution in [0.2, 0.25) is 0 Å². The molecule has 0 saturated heterocycles. The standard InChI is InChI=1S/C13H21NS/c1-3-10-6-5-7-12-13(10)11(9-15-12)8-14-4-2/h9-10,14H,3-8H2,1-2H3. The quantitative estimate of drug-likeness (QED) is 0.821. The highest BCUT2D eigenvalue weighted by molar-refractivity contribution is 7.10. The van der Waals surface area contributed by atoms with Crippen LogP contribution in [-0.2, 0) is 13.0 Å². The fourth-order valence-electron chi connectivity index (χ4n) is 2.59. The minimum absolute atomic E-state index is 0.841. The van der Waals surface area contributed by atoms with Crippen LogP contribution in [0.4, 0.5) is 0 Å². The first-order chi connectivity index (χ1) is 7.36. The molecule has 1 heterocycles. The molecule has 0 amide bonds. The average molecular weight is 223 g/mol. The molecular weight excluding hydrogens is 202 g/mol. The summed E-state index contributed by atoms with van der Waals surface area (Å²) < 4.78 is 0. The Kier molecular flexibility index (Phi) is 3.81. The maximum atomic E-state index is 3.45. The summed E-state index contributed by atoms with van der Waals surface area (Å²) in [5.41, 5.74) is 3.28. The van der Waals surface area contributed by atoms with E-state index < -0.39 is 0 Å². The Morgan fingerprint density at radius 1 is 1.47 bits per heavy atom. The zero-order chi connectivity index (χ0) is 10.7. The largest absolute Gasteiger partial charge is 0.313 e. The molecule has 0 saturated carbocycles. The normalized spacial score (nSPS) is 20.3. The summed E-state index contributed by atoms with van der Waals surface area (Å²) in [6.07, 6.45) is 5.43. The van der Waals surface area contributed by atoms with Crippen molar-refractivity contribution in [1.29, 1.82) is 0 Å². The van der Waals surface area contributed by atoms with Crippen molar-refractivity contribution in [1.82, 2.24) is 5.32 Å². The van der Waals surface area contributed by atoms with E-state index in [-0.39, 0.29) is 0 Å². The van der Waals surface area contributed by atoms with Gasteiger partial charge in [-0.25, -0.2) is 0 Å². The van der Waals surface area contributed by atoms with E-state index in [0.29, 0.717) is 0 Å². The molecule has 2 rings (SSSR count). The van der Waals surface area contributed by atoms with Crippen molar-refractivity contribution in [3.8, 4) is 0 Å². The Hall–Kier alpha value is -0.340. The zero-order valence-corrected chi connectivity index (χ0v) is 10.6. The Labute approximate surface area is 96.9 Å². The molecule has 2 heteroatoms. The molecule has 0 fully saturated rings. The Morgan fingerprint density at radius 3 is 3.07 bits per heavy atom. The SMILES string of the molecule is CCNCc1csc2c1C(CC)CCC2. The lowest BCUT2D eigenvalue weighted by Crippen LogP contribution is -2.15. The fraction of sp³-hybridized carbons (Fsp3) is 0.692. The van der Waals surface area contributed by atoms with Crippen LogP contribution in [0.1, 0.15) is 55.0 Å². The number of hydrogen-bond donors (Lipinski definition) is 1. The van der Waals surface area contributed by atoms with Crippen molar-refractivity contribution < 1.29 is 0 Å². The van der Waals surface area contributed by atoms with Crippen molar-refractivity contribution >= 4 is 11.3 Å². The Bertz CT molecular complexity index is 316. The second-order valence-corrected chi connectivity index (χ2v) is 5.34. The van der Waals surface area contributed by atoms with Gasteiger partial charge in [0.2, 0.25) is 0 Å². The molecule has 0 spiro atoms. The maximum Gasteiger partial charge on any atom is 0.0216 e. The highest BCUT2D eigenvalue weighted by atomic mass is 32.1. The van der Waals surface area contributed by atoms with Gasteiger partial charge in [0.15, 0.2) is 0 Å². The van der Waals surface area contributed by atoms with E-state index in [1.807, 2.05) is 11.3 Å². The van der Waals surface area contributed by atoms with Gasteiger partial charge in [0, 0.05) is 11.4 Å². The first kappa shape index (κ1) is 11.2. The van der Waals surface area contributed by atoms with E-state index in [1.165, 1.54) is 25.7 Å². The zero-order valence-electron chi connectivity index (χ0n) is 9.81. The molecule has 1 unspecified atom stereocenters. The van der Waals surface area contributed by atoms with Gasteiger partial charge < -0.3 is 5.32 Å². The lowest BCUT2D eigenvalue weighted by molar-refractivity contribution is 0.538. The third-order valence-electron chi connectivity index (χ3n) is 3.41. The van der Waals surface area contributed by atoms with E-state index >= 15 is 0 Å². The van der Waals surface area contributed by atoms with Crippen LogP contribution in [0.3, 0.4) is 0 Å². The summed E-state index contributed by atoms with van der Waals surface area (Å²) in [7, 11) is 0. The minimum Gasteiger partial charge on any atom is -0.313 e. The second kappa shape index (κ2) is 5.13. The van der Waals surface area contributed by atoms with Gasteiger partial charge in [0.25, 0.3) is 0 Å². The molecule has 0 bridgehead atoms. The molecule has 1 aromatic heterocycles. The number of hydrogen-bond acceptors (Lipinski definition) is 2. The summed E-state index contributed by atoms with van der Waals surface area (Å²) in [6.45, 7) is 6.64. The Morgan fingerprint density at radius 2 is 2.33 bits per heavy atom. The van der Waals surface area contributed by atoms with E-state index in [0.717, 1.165) is 19.0 Å². The number of fused-ring (bicyclic) bond motifs is 1. The van der Waals surface area contributed by atoms with Crippen LogP contribution in [0.5, 0.6) is 0 Å². The molecule has 1 N–H and O–H groups in total. The third kappa shape index (κ3) is 2.26. The van der Waals surface area contributed by atoms with Crippen LogP contribution in [0.25, 0.3) is 0 Å². The minimum atomic E-state index is 0.841. The first-order valence-corrected chi connectivity index (χ1v) is 7.04. The molecule has 1 atom stereocenters. The van der Waals surface area contributed by atoms with Crippen LogP contribution in [0.15, 0.2) is 5.38 Å². The fourth-order valence-corrected chi connectivity index (χ4v) is 3.77. The van der Waals surface area contributed by atoms with Gasteiger partial charge in [-0.1, -0.05) is 13.8 Å². The number of aryl methyl sites for hydroxylation is 1. The number of rotatable bonds is 4. The third-order valence-corrected chi connectivity index (χ3v) is 4.52. The van der Waals surface area contributed by atoms with Gasteiger partial charge in [-0.05, 0) is 54.7 Å². The number of nitrogens with one attached hydrogen (secondary N) is 1. The molecule has 0 aliphatic heterocycles. The van der Waals surface area contributed by atoms with Crippen molar-refractivity contribution in [2.75, 3.05) is 6.54 Å². The van der Waals surface area contributed by atoms with E-state index in [1.54, 1.807) is 16.0 Å². The highest BCUT2D eigenvalue weighted by Crippen LogP contribution is 2.39. The highest BCUT2D eigenvalue weighted by Gasteiger charge is 2.23. The molecule has 1 aliphatic carbocycles. The first-order valence-electron chi connectivity index (χ1n) is 6.16. The van der Waals surface area contributed by atoms with Gasteiger partial charge in [-0.3, -0.25) is 0 Å². The van der Waals surface area contributed by atoms with Gasteiger partial charge in [0.1, 0.15) is 0 Å². The van der Waals surface area contributed by atoms with Crippen LogP contribution < -0.4 is 5.32 Å². The topological polar surface area (TPSA) is 12.0 Å². The van der Waals surface area contributed by atoms with Crippen molar-refractivity contribution in [3.05, 3.63) is 21.4 Å².